The van der Waals surface area contributed by atoms with Crippen LogP contribution in [-0.2, 0) is 0 Å². The van der Waals surface area contributed by atoms with Crippen molar-refractivity contribution >= 4 is 23.3 Å². The monoisotopic (exact) mass is 354 g/mol. The molecule has 0 radical (unpaired) electrons. The number of anilines is 1. The van der Waals surface area contributed by atoms with Gasteiger partial charge in [-0.15, -0.1) is 0 Å². The zero-order valence-electron chi connectivity index (χ0n) is 13.8. The Bertz CT molecular complexity index is 847. The van der Waals surface area contributed by atoms with E-state index in [1.165, 1.54) is 0 Å². The van der Waals surface area contributed by atoms with Gasteiger partial charge in [0.15, 0.2) is 0 Å². The number of carbonyl (C=O) groups is 1. The molecule has 0 saturated heterocycles. The number of carbonyl (C=O) groups excluding carboxylic acids is 1. The van der Waals surface area contributed by atoms with Gasteiger partial charge in [-0.3, -0.25) is 0 Å². The summed E-state index contributed by atoms with van der Waals surface area (Å²) in [5.74, 6) is 0.718. The van der Waals surface area contributed by atoms with Crippen molar-refractivity contribution in [1.29, 1.82) is 0 Å². The van der Waals surface area contributed by atoms with Crippen LogP contribution in [0.3, 0.4) is 0 Å². The van der Waals surface area contributed by atoms with E-state index >= 15 is 0 Å². The zero-order valence-corrected chi connectivity index (χ0v) is 14.5. The minimum Gasteiger partial charge on any atom is -0.340 e. The van der Waals surface area contributed by atoms with Gasteiger partial charge < -0.3 is 15.6 Å². The number of halogens is 1. The van der Waals surface area contributed by atoms with Gasteiger partial charge in [-0.05, 0) is 24.1 Å². The molecule has 1 heterocycles. The van der Waals surface area contributed by atoms with Crippen LogP contribution in [0.25, 0.3) is 11.3 Å². The van der Waals surface area contributed by atoms with E-state index in [1.807, 2.05) is 49.4 Å². The maximum atomic E-state index is 12.3. The molecule has 0 aliphatic carbocycles. The van der Waals surface area contributed by atoms with E-state index in [-0.39, 0.29) is 12.1 Å². The molecular weight excluding hydrogens is 336 g/mol. The topological polar surface area (TPSA) is 69.8 Å². The molecule has 0 aliphatic rings. The molecule has 6 heteroatoms. The Hall–Kier alpha value is -2.79. The smallest absolute Gasteiger partial charge is 0.319 e. The Morgan fingerprint density at radius 2 is 1.88 bits per heavy atom. The molecule has 3 rings (SSSR count). The fraction of sp³-hybridized carbons (Fsp3) is 0.158. The highest BCUT2D eigenvalue weighted by atomic mass is 35.5. The predicted octanol–water partition coefficient (Wildman–Crippen LogP) is 5.00. The van der Waals surface area contributed by atoms with Crippen molar-refractivity contribution in [3.05, 3.63) is 71.6 Å². The van der Waals surface area contributed by atoms with Crippen molar-refractivity contribution in [3.63, 3.8) is 0 Å². The first-order valence-electron chi connectivity index (χ1n) is 8.09. The lowest BCUT2D eigenvalue weighted by Crippen LogP contribution is -2.33. The van der Waals surface area contributed by atoms with Crippen molar-refractivity contribution in [2.45, 2.75) is 19.4 Å². The summed E-state index contributed by atoms with van der Waals surface area (Å²) in [5.41, 5.74) is 2.54. The Labute approximate surface area is 151 Å². The largest absolute Gasteiger partial charge is 0.340 e. The van der Waals surface area contributed by atoms with Crippen LogP contribution in [0, 0.1) is 0 Å². The summed E-state index contributed by atoms with van der Waals surface area (Å²) in [6.07, 6.45) is 2.48. The number of urea groups is 1. The van der Waals surface area contributed by atoms with Crippen LogP contribution in [-0.4, -0.2) is 16.0 Å². The molecule has 0 spiro atoms. The molecule has 0 bridgehead atoms. The minimum atomic E-state index is -0.322. The molecule has 128 valence electrons. The highest BCUT2D eigenvalue weighted by Crippen LogP contribution is 2.22. The van der Waals surface area contributed by atoms with Crippen molar-refractivity contribution in [3.8, 4) is 11.3 Å². The molecule has 0 fully saturated rings. The number of hydrogen-bond donors (Lipinski definition) is 3. The van der Waals surface area contributed by atoms with Gasteiger partial charge >= 0.3 is 6.03 Å². The van der Waals surface area contributed by atoms with E-state index < -0.39 is 0 Å². The molecule has 1 aromatic heterocycles. The lowest BCUT2D eigenvalue weighted by atomic mass is 10.2. The molecule has 2 amide bonds. The fourth-order valence-electron chi connectivity index (χ4n) is 2.52. The number of imidazole rings is 1. The summed E-state index contributed by atoms with van der Waals surface area (Å²) >= 11 is 6.07. The van der Waals surface area contributed by atoms with Crippen LogP contribution in [0.15, 0.2) is 60.8 Å². The summed E-state index contributed by atoms with van der Waals surface area (Å²) in [6.45, 7) is 1.99. The SMILES string of the molecule is CCC(NC(=O)Nc1ccccc1Cl)c1ncc(-c2ccccc2)[nH]1. The van der Waals surface area contributed by atoms with Crippen molar-refractivity contribution in [1.82, 2.24) is 15.3 Å². The zero-order chi connectivity index (χ0) is 17.6. The van der Waals surface area contributed by atoms with E-state index in [1.54, 1.807) is 18.3 Å². The molecule has 0 aliphatic heterocycles. The normalized spacial score (nSPS) is 11.8. The Kier molecular flexibility index (Phi) is 5.36. The number of benzene rings is 2. The number of aromatic amines is 1. The van der Waals surface area contributed by atoms with E-state index in [0.29, 0.717) is 17.1 Å². The Morgan fingerprint density at radius 1 is 1.16 bits per heavy atom. The van der Waals surface area contributed by atoms with Crippen LogP contribution in [0.5, 0.6) is 0 Å². The second-order valence-electron chi connectivity index (χ2n) is 5.59. The first-order chi connectivity index (χ1) is 12.2. The van der Waals surface area contributed by atoms with Gasteiger partial charge in [-0.2, -0.15) is 0 Å². The van der Waals surface area contributed by atoms with Gasteiger partial charge in [0.25, 0.3) is 0 Å². The number of H-pyrrole nitrogens is 1. The summed E-state index contributed by atoms with van der Waals surface area (Å²) < 4.78 is 0. The third-order valence-electron chi connectivity index (χ3n) is 3.85. The standard InChI is InChI=1S/C19H19ClN4O/c1-2-15(23-19(25)24-16-11-7-6-10-14(16)20)18-21-12-17(22-18)13-8-4-3-5-9-13/h3-12,15H,2H2,1H3,(H,21,22)(H2,23,24,25). The highest BCUT2D eigenvalue weighted by Gasteiger charge is 2.17. The van der Waals surface area contributed by atoms with E-state index in [0.717, 1.165) is 17.1 Å². The Balaban J connectivity index is 1.69. The molecule has 3 aromatic rings. The summed E-state index contributed by atoms with van der Waals surface area (Å²) in [5, 5.41) is 6.18. The molecule has 1 unspecified atom stereocenters. The molecule has 5 nitrogen and oxygen atoms in total. The van der Waals surface area contributed by atoms with Gasteiger partial charge in [0, 0.05) is 0 Å². The molecule has 1 atom stereocenters. The van der Waals surface area contributed by atoms with Crippen LogP contribution < -0.4 is 10.6 Å². The number of nitrogens with one attached hydrogen (secondary N) is 3. The molecule has 3 N–H and O–H groups in total. The van der Waals surface area contributed by atoms with Crippen molar-refractivity contribution in [2.24, 2.45) is 0 Å². The fourth-order valence-corrected chi connectivity index (χ4v) is 2.70. The van der Waals surface area contributed by atoms with Crippen molar-refractivity contribution in [2.75, 3.05) is 5.32 Å². The molecular formula is C19H19ClN4O. The van der Waals surface area contributed by atoms with Crippen LogP contribution >= 0.6 is 11.6 Å². The average Bonchev–Trinajstić information content (AvgIpc) is 3.12. The maximum absolute atomic E-state index is 12.3. The first kappa shape index (κ1) is 17.0. The second kappa shape index (κ2) is 7.85. The van der Waals surface area contributed by atoms with Gasteiger partial charge in [0.2, 0.25) is 0 Å². The van der Waals surface area contributed by atoms with Crippen molar-refractivity contribution < 1.29 is 4.79 Å². The van der Waals surface area contributed by atoms with Gasteiger partial charge in [0.1, 0.15) is 5.82 Å². The number of para-hydroxylation sites is 1. The number of rotatable bonds is 5. The number of nitrogens with zero attached hydrogens (tertiary/aromatic N) is 1. The quantitative estimate of drug-likeness (QED) is 0.603. The average molecular weight is 355 g/mol. The number of amides is 2. The lowest BCUT2D eigenvalue weighted by Gasteiger charge is -2.16. The van der Waals surface area contributed by atoms with Crippen LogP contribution in [0.1, 0.15) is 25.2 Å². The molecule has 0 saturated carbocycles. The van der Waals surface area contributed by atoms with E-state index in [2.05, 4.69) is 20.6 Å². The molecule has 2 aromatic carbocycles. The summed E-state index contributed by atoms with van der Waals surface area (Å²) in [6, 6.07) is 16.5. The van der Waals surface area contributed by atoms with E-state index in [9.17, 15) is 4.79 Å². The molecule has 25 heavy (non-hydrogen) atoms. The first-order valence-corrected chi connectivity index (χ1v) is 8.47. The second-order valence-corrected chi connectivity index (χ2v) is 5.99. The van der Waals surface area contributed by atoms with Crippen LogP contribution in [0.2, 0.25) is 5.02 Å². The third kappa shape index (κ3) is 4.19. The maximum Gasteiger partial charge on any atom is 0.319 e. The Morgan fingerprint density at radius 3 is 2.60 bits per heavy atom. The lowest BCUT2D eigenvalue weighted by molar-refractivity contribution is 0.247. The van der Waals surface area contributed by atoms with Crippen LogP contribution in [0.4, 0.5) is 10.5 Å². The van der Waals surface area contributed by atoms with Gasteiger partial charge in [-0.1, -0.05) is 61.0 Å². The number of hydrogen-bond acceptors (Lipinski definition) is 2. The third-order valence-corrected chi connectivity index (χ3v) is 4.18. The summed E-state index contributed by atoms with van der Waals surface area (Å²) in [7, 11) is 0. The van der Waals surface area contributed by atoms with Gasteiger partial charge in [-0.25, -0.2) is 9.78 Å². The number of aromatic nitrogens is 2. The van der Waals surface area contributed by atoms with E-state index in [4.69, 9.17) is 11.6 Å². The minimum absolute atomic E-state index is 0.222. The van der Waals surface area contributed by atoms with Gasteiger partial charge in [0.05, 0.1) is 28.6 Å². The predicted molar refractivity (Wildman–Crippen MR) is 101 cm³/mol. The highest BCUT2D eigenvalue weighted by molar-refractivity contribution is 6.33. The summed E-state index contributed by atoms with van der Waals surface area (Å²) in [4.78, 5) is 20.0.